The molecule has 2 atom stereocenters. The van der Waals surface area contributed by atoms with Gasteiger partial charge in [-0.15, -0.1) is 9.19 Å². The average molecular weight is 294 g/mol. The van der Waals surface area contributed by atoms with Crippen LogP contribution in [-0.4, -0.2) is 53.5 Å². The lowest BCUT2D eigenvalue weighted by atomic mass is 10.0. The number of carbonyl (C=O) groups is 2. The molecule has 3 amide bonds. The first-order valence-corrected chi connectivity index (χ1v) is 6.59. The second-order valence-electron chi connectivity index (χ2n) is 4.08. The van der Waals surface area contributed by atoms with E-state index in [2.05, 4.69) is 9.57 Å². The Bertz CT molecular complexity index is 520. The van der Waals surface area contributed by atoms with Gasteiger partial charge in [0, 0.05) is 6.54 Å². The lowest BCUT2D eigenvalue weighted by molar-refractivity contribution is -0.126. The molecule has 1 unspecified atom stereocenters. The van der Waals surface area contributed by atoms with E-state index < -0.39 is 34.4 Å². The number of hydrogen-bond acceptors (Lipinski definition) is 7. The predicted octanol–water partition coefficient (Wildman–Crippen LogP) is -1.21. The maximum absolute atomic E-state index is 11.8. The number of hydroxylamine groups is 2. The zero-order valence-corrected chi connectivity index (χ0v) is 10.2. The molecule has 0 radical (unpaired) electrons. The monoisotopic (exact) mass is 294 g/mol. The molecule has 0 aromatic rings. The molecule has 2 N–H and O–H groups in total. The highest BCUT2D eigenvalue weighted by atomic mass is 32.3. The van der Waals surface area contributed by atoms with Crippen LogP contribution in [0.4, 0.5) is 4.79 Å². The Morgan fingerprint density at radius 3 is 2.74 bits per heavy atom. The molecule has 0 aromatic heterocycles. The second kappa shape index (κ2) is 4.71. The number of fused-ring (bicyclic) bond motifs is 2. The predicted molar refractivity (Wildman–Crippen MR) is 57.3 cm³/mol. The number of urea groups is 1. The van der Waals surface area contributed by atoms with Crippen molar-refractivity contribution in [3.05, 3.63) is 4.91 Å². The summed E-state index contributed by atoms with van der Waals surface area (Å²) < 4.78 is 34.0. The molecule has 19 heavy (non-hydrogen) atoms. The van der Waals surface area contributed by atoms with Crippen molar-refractivity contribution in [2.24, 2.45) is 5.29 Å². The Hall–Kier alpha value is -1.79. The van der Waals surface area contributed by atoms with Crippen LogP contribution in [0.1, 0.15) is 12.8 Å². The smallest absolute Gasteiger partial charge is 0.309 e. The number of nitroso groups, excluding NO2 is 1. The fourth-order valence-corrected chi connectivity index (χ4v) is 2.61. The molecule has 0 spiro atoms. The van der Waals surface area contributed by atoms with E-state index in [-0.39, 0.29) is 19.4 Å². The summed E-state index contributed by atoms with van der Waals surface area (Å²) in [6, 6.07) is -2.37. The van der Waals surface area contributed by atoms with Crippen molar-refractivity contribution in [3.63, 3.8) is 0 Å². The summed E-state index contributed by atoms with van der Waals surface area (Å²) >= 11 is 0. The highest BCUT2D eigenvalue weighted by molar-refractivity contribution is 7.80. The number of rotatable bonds is 4. The quantitative estimate of drug-likeness (QED) is 0.375. The Labute approximate surface area is 107 Å². The fraction of sp³-hybridized carbons (Fsp3) is 0.714. The van der Waals surface area contributed by atoms with Crippen molar-refractivity contribution in [1.29, 1.82) is 0 Å². The molecule has 2 rings (SSSR count). The molecule has 106 valence electrons. The summed E-state index contributed by atoms with van der Waals surface area (Å²) in [6.45, 7) is 0.0608. The molecule has 12 heteroatoms. The molecular weight excluding hydrogens is 284 g/mol. The molecule has 2 bridgehead atoms. The zero-order chi connectivity index (χ0) is 14.2. The third-order valence-electron chi connectivity index (χ3n) is 2.96. The summed E-state index contributed by atoms with van der Waals surface area (Å²) in [5, 5.41) is 2.74. The average Bonchev–Trinajstić information content (AvgIpc) is 2.53. The molecule has 2 saturated heterocycles. The van der Waals surface area contributed by atoms with E-state index in [0.29, 0.717) is 5.06 Å². The SMILES string of the molecule is O=NNC(=O)[C@@H]1CCC2CN1C(=O)N2OS(=O)(=O)O. The number of carbonyl (C=O) groups excluding carboxylic acids is 2. The number of piperidine rings is 1. The van der Waals surface area contributed by atoms with Crippen molar-refractivity contribution in [2.75, 3.05) is 6.54 Å². The summed E-state index contributed by atoms with van der Waals surface area (Å²) in [4.78, 5) is 34.4. The van der Waals surface area contributed by atoms with E-state index in [1.807, 2.05) is 0 Å². The normalized spacial score (nSPS) is 26.5. The van der Waals surface area contributed by atoms with E-state index in [0.717, 1.165) is 4.90 Å². The molecule has 0 saturated carbocycles. The lowest BCUT2D eigenvalue weighted by Gasteiger charge is -2.28. The van der Waals surface area contributed by atoms with Gasteiger partial charge in [0.15, 0.2) is 0 Å². The van der Waals surface area contributed by atoms with Gasteiger partial charge in [0.2, 0.25) is 0 Å². The molecular formula is C7H10N4O7S. The minimum absolute atomic E-state index is 0.0608. The van der Waals surface area contributed by atoms with Gasteiger partial charge in [-0.3, -0.25) is 9.35 Å². The van der Waals surface area contributed by atoms with Crippen molar-refractivity contribution in [2.45, 2.75) is 24.9 Å². The summed E-state index contributed by atoms with van der Waals surface area (Å²) in [5.74, 6) is -0.754. The highest BCUT2D eigenvalue weighted by Crippen LogP contribution is 2.30. The summed E-state index contributed by atoms with van der Waals surface area (Å²) in [6.07, 6.45) is 0.512. The zero-order valence-electron chi connectivity index (χ0n) is 9.42. The molecule has 2 fully saturated rings. The standard InChI is InChI=1S/C7H10N4O7S/c12-6(8-9-14)5-2-1-4-3-10(5)7(13)11(4)18-19(15,16)17/h4-5H,1-3H2,(H,8,12,14)(H,15,16,17)/t4?,5-/m0/s1. The molecule has 2 aliphatic rings. The first-order valence-electron chi connectivity index (χ1n) is 5.22. The Balaban J connectivity index is 2.15. The van der Waals surface area contributed by atoms with Gasteiger partial charge in [-0.05, 0) is 12.8 Å². The number of nitrogens with one attached hydrogen (secondary N) is 1. The van der Waals surface area contributed by atoms with Gasteiger partial charge in [-0.2, -0.15) is 13.5 Å². The van der Waals surface area contributed by atoms with Crippen LogP contribution in [0.2, 0.25) is 0 Å². The molecule has 0 aliphatic carbocycles. The topological polar surface area (TPSA) is 146 Å². The Morgan fingerprint density at radius 2 is 2.16 bits per heavy atom. The number of amides is 3. The fourth-order valence-electron chi connectivity index (χ4n) is 2.22. The van der Waals surface area contributed by atoms with Crippen LogP contribution in [0.15, 0.2) is 5.29 Å². The molecule has 11 nitrogen and oxygen atoms in total. The Kier molecular flexibility index (Phi) is 3.38. The number of nitrogens with zero attached hydrogens (tertiary/aromatic N) is 3. The summed E-state index contributed by atoms with van der Waals surface area (Å²) in [5.41, 5.74) is 1.69. The van der Waals surface area contributed by atoms with E-state index in [1.54, 1.807) is 5.43 Å². The van der Waals surface area contributed by atoms with E-state index in [9.17, 15) is 22.9 Å². The van der Waals surface area contributed by atoms with Crippen LogP contribution in [-0.2, 0) is 19.5 Å². The van der Waals surface area contributed by atoms with Gasteiger partial charge >= 0.3 is 16.4 Å². The van der Waals surface area contributed by atoms with Gasteiger partial charge in [0.05, 0.1) is 11.3 Å². The first-order chi connectivity index (χ1) is 8.83. The molecule has 0 aromatic carbocycles. The first kappa shape index (κ1) is 13.6. The minimum atomic E-state index is -4.82. The Morgan fingerprint density at radius 1 is 1.47 bits per heavy atom. The third-order valence-corrected chi connectivity index (χ3v) is 3.30. The lowest BCUT2D eigenvalue weighted by Crippen LogP contribution is -2.48. The molecule has 2 aliphatic heterocycles. The van der Waals surface area contributed by atoms with Crippen LogP contribution in [0.3, 0.4) is 0 Å². The van der Waals surface area contributed by atoms with E-state index in [4.69, 9.17) is 4.55 Å². The van der Waals surface area contributed by atoms with Crippen LogP contribution < -0.4 is 5.43 Å². The van der Waals surface area contributed by atoms with Crippen LogP contribution in [0, 0.1) is 4.91 Å². The van der Waals surface area contributed by atoms with Crippen molar-refractivity contribution in [3.8, 4) is 0 Å². The third kappa shape index (κ3) is 2.64. The highest BCUT2D eigenvalue weighted by Gasteiger charge is 2.49. The van der Waals surface area contributed by atoms with Gasteiger partial charge < -0.3 is 4.90 Å². The van der Waals surface area contributed by atoms with E-state index >= 15 is 0 Å². The summed E-state index contributed by atoms with van der Waals surface area (Å²) in [7, 11) is -4.82. The van der Waals surface area contributed by atoms with Gasteiger partial charge in [0.25, 0.3) is 5.91 Å². The van der Waals surface area contributed by atoms with E-state index in [1.165, 1.54) is 0 Å². The second-order valence-corrected chi connectivity index (χ2v) is 5.08. The van der Waals surface area contributed by atoms with Crippen molar-refractivity contribution in [1.82, 2.24) is 15.4 Å². The maximum Gasteiger partial charge on any atom is 0.418 e. The largest absolute Gasteiger partial charge is 0.418 e. The van der Waals surface area contributed by atoms with Gasteiger partial charge in [-0.25, -0.2) is 10.2 Å². The van der Waals surface area contributed by atoms with Gasteiger partial charge in [-0.1, -0.05) is 0 Å². The van der Waals surface area contributed by atoms with Crippen molar-refractivity contribution < 1.29 is 26.8 Å². The minimum Gasteiger partial charge on any atom is -0.309 e. The van der Waals surface area contributed by atoms with Crippen LogP contribution in [0.25, 0.3) is 0 Å². The number of hydrogen-bond donors (Lipinski definition) is 2. The van der Waals surface area contributed by atoms with Gasteiger partial charge in [0.1, 0.15) is 6.04 Å². The van der Waals surface area contributed by atoms with Crippen LogP contribution in [0.5, 0.6) is 0 Å². The van der Waals surface area contributed by atoms with Crippen LogP contribution >= 0.6 is 0 Å². The molecule has 2 heterocycles. The van der Waals surface area contributed by atoms with Crippen molar-refractivity contribution >= 4 is 22.3 Å². The maximum atomic E-state index is 11.8.